The normalized spacial score (nSPS) is 18.1. The molecule has 15 heteroatoms. The first-order valence-electron chi connectivity index (χ1n) is 9.98. The molecule has 1 aliphatic rings. The number of amides is 1. The van der Waals surface area contributed by atoms with Gasteiger partial charge >= 0.3 is 12.4 Å². The number of alkyl halides is 6. The van der Waals surface area contributed by atoms with Crippen LogP contribution >= 0.6 is 46.1 Å². The van der Waals surface area contributed by atoms with Crippen LogP contribution in [0.5, 0.6) is 0 Å². The zero-order valence-electron chi connectivity index (χ0n) is 18.0. The zero-order valence-corrected chi connectivity index (χ0v) is 21.1. The van der Waals surface area contributed by atoms with Gasteiger partial charge in [0, 0.05) is 12.0 Å². The summed E-state index contributed by atoms with van der Waals surface area (Å²) in [5.74, 6) is -1.58. The zero-order chi connectivity index (χ0) is 27.1. The number of ketones is 1. The maximum atomic E-state index is 14.2. The summed E-state index contributed by atoms with van der Waals surface area (Å²) in [6, 6.07) is 3.38. The van der Waals surface area contributed by atoms with Gasteiger partial charge in [-0.1, -0.05) is 40.0 Å². The van der Waals surface area contributed by atoms with Crippen LogP contribution in [0.4, 0.5) is 26.3 Å². The molecule has 1 N–H and O–H groups in total. The lowest BCUT2D eigenvalue weighted by Gasteiger charge is -2.29. The van der Waals surface area contributed by atoms with Crippen LogP contribution in [0.3, 0.4) is 0 Å². The van der Waals surface area contributed by atoms with E-state index in [1.807, 2.05) is 0 Å². The first-order valence-corrected chi connectivity index (χ1v) is 11.9. The van der Waals surface area contributed by atoms with Gasteiger partial charge in [0.15, 0.2) is 5.78 Å². The Bertz CT molecular complexity index is 1210. The molecule has 1 aromatic heterocycles. The molecule has 3 rings (SSSR count). The second kappa shape index (κ2) is 10.4. The Kier molecular flexibility index (Phi) is 8.24. The van der Waals surface area contributed by atoms with Crippen molar-refractivity contribution in [2.24, 2.45) is 5.16 Å². The van der Waals surface area contributed by atoms with Gasteiger partial charge < -0.3 is 10.2 Å². The summed E-state index contributed by atoms with van der Waals surface area (Å²) >= 11 is 18.5. The van der Waals surface area contributed by atoms with Crippen LogP contribution in [0.1, 0.15) is 44.9 Å². The molecule has 1 aliphatic heterocycles. The second-order valence-electron chi connectivity index (χ2n) is 7.84. The van der Waals surface area contributed by atoms with Gasteiger partial charge in [0.1, 0.15) is 5.71 Å². The number of carbonyl (C=O) groups excluding carboxylic acids is 2. The molecule has 0 radical (unpaired) electrons. The summed E-state index contributed by atoms with van der Waals surface area (Å²) in [5.41, 5.74) is -3.08. The van der Waals surface area contributed by atoms with E-state index in [9.17, 15) is 35.9 Å². The van der Waals surface area contributed by atoms with Crippen molar-refractivity contribution in [3.63, 3.8) is 0 Å². The molecule has 0 spiro atoms. The molecule has 1 atom stereocenters. The number of aryl methyl sites for hydroxylation is 1. The van der Waals surface area contributed by atoms with Crippen molar-refractivity contribution in [3.05, 3.63) is 54.1 Å². The van der Waals surface area contributed by atoms with E-state index in [0.29, 0.717) is 5.56 Å². The van der Waals surface area contributed by atoms with E-state index in [4.69, 9.17) is 39.6 Å². The minimum Gasteiger partial charge on any atom is -0.374 e. The summed E-state index contributed by atoms with van der Waals surface area (Å²) in [7, 11) is 0. The van der Waals surface area contributed by atoms with Gasteiger partial charge in [-0.3, -0.25) is 9.59 Å². The van der Waals surface area contributed by atoms with Gasteiger partial charge in [-0.25, -0.2) is 0 Å². The number of nitrogens with one attached hydrogen (secondary N) is 1. The topological polar surface area (TPSA) is 67.8 Å². The van der Waals surface area contributed by atoms with Crippen LogP contribution in [0.2, 0.25) is 15.1 Å². The molecule has 0 aliphatic carbocycles. The summed E-state index contributed by atoms with van der Waals surface area (Å²) in [6.45, 7) is 0.882. The predicted octanol–water partition coefficient (Wildman–Crippen LogP) is 7.24. The van der Waals surface area contributed by atoms with Crippen LogP contribution in [0.25, 0.3) is 0 Å². The SMILES string of the molecule is Cc1cc(C2=NOC(c3cc(Cl)c(Cl)c(Cl)c3)(C(F)(F)F)C2)sc1C(=O)NCC(=O)CCC(F)(F)F. The quantitative estimate of drug-likeness (QED) is 0.271. The number of benzene rings is 1. The monoisotopic (exact) mass is 594 g/mol. The van der Waals surface area contributed by atoms with E-state index in [1.54, 1.807) is 0 Å². The van der Waals surface area contributed by atoms with Crippen molar-refractivity contribution in [1.82, 2.24) is 5.32 Å². The summed E-state index contributed by atoms with van der Waals surface area (Å²) in [5, 5.41) is 5.29. The van der Waals surface area contributed by atoms with E-state index in [1.165, 1.54) is 13.0 Å². The van der Waals surface area contributed by atoms with Gasteiger partial charge in [-0.15, -0.1) is 11.3 Å². The van der Waals surface area contributed by atoms with E-state index in [0.717, 1.165) is 23.5 Å². The predicted molar refractivity (Wildman–Crippen MR) is 123 cm³/mol. The van der Waals surface area contributed by atoms with Gasteiger partial charge in [-0.2, -0.15) is 26.3 Å². The lowest BCUT2D eigenvalue weighted by molar-refractivity contribution is -0.275. The number of carbonyl (C=O) groups is 2. The molecular weight excluding hydrogens is 581 g/mol. The Hall–Kier alpha value is -2.02. The van der Waals surface area contributed by atoms with Gasteiger partial charge in [0.2, 0.25) is 0 Å². The molecule has 0 fully saturated rings. The van der Waals surface area contributed by atoms with Gasteiger partial charge in [-0.05, 0) is 30.7 Å². The third-order valence-corrected chi connectivity index (χ3v) is 7.66. The third-order valence-electron chi connectivity index (χ3n) is 5.18. The molecule has 1 amide bonds. The number of hydrogen-bond acceptors (Lipinski definition) is 5. The van der Waals surface area contributed by atoms with E-state index in [-0.39, 0.29) is 30.5 Å². The molecule has 5 nitrogen and oxygen atoms in total. The minimum absolute atomic E-state index is 0.0541. The molecule has 196 valence electrons. The van der Waals surface area contributed by atoms with Gasteiger partial charge in [0.05, 0.1) is 44.2 Å². The summed E-state index contributed by atoms with van der Waals surface area (Å²) in [4.78, 5) is 29.2. The fourth-order valence-corrected chi connectivity index (χ4v) is 4.97. The molecular formula is C21H15Cl3F6N2O3S. The Morgan fingerprint density at radius 1 is 1.11 bits per heavy atom. The first kappa shape index (κ1) is 28.5. The fourth-order valence-electron chi connectivity index (χ4n) is 3.30. The van der Waals surface area contributed by atoms with Crippen LogP contribution in [-0.2, 0) is 15.2 Å². The third kappa shape index (κ3) is 6.09. The number of nitrogens with zero attached hydrogens (tertiary/aromatic N) is 1. The summed E-state index contributed by atoms with van der Waals surface area (Å²) < 4.78 is 79.3. The number of Topliss-reactive ketones (excluding diaryl/α,β-unsaturated/α-hetero) is 1. The average Bonchev–Trinajstić information content (AvgIpc) is 3.38. The lowest BCUT2D eigenvalue weighted by atomic mass is 9.88. The van der Waals surface area contributed by atoms with Crippen LogP contribution in [0, 0.1) is 6.92 Å². The molecule has 1 aromatic carbocycles. The highest BCUT2D eigenvalue weighted by molar-refractivity contribution is 7.16. The van der Waals surface area contributed by atoms with Crippen molar-refractivity contribution in [2.75, 3.05) is 6.54 Å². The number of halogens is 9. The Morgan fingerprint density at radius 2 is 1.72 bits per heavy atom. The largest absolute Gasteiger partial charge is 0.435 e. The minimum atomic E-state index is -4.94. The second-order valence-corrected chi connectivity index (χ2v) is 10.1. The van der Waals surface area contributed by atoms with Crippen LogP contribution < -0.4 is 5.32 Å². The maximum absolute atomic E-state index is 14.2. The molecule has 0 saturated heterocycles. The highest BCUT2D eigenvalue weighted by Crippen LogP contribution is 2.51. The maximum Gasteiger partial charge on any atom is 0.435 e. The van der Waals surface area contributed by atoms with Gasteiger partial charge in [0.25, 0.3) is 11.5 Å². The Balaban J connectivity index is 1.78. The molecule has 0 bridgehead atoms. The number of rotatable bonds is 7. The van der Waals surface area contributed by atoms with Crippen LogP contribution in [-0.4, -0.2) is 36.3 Å². The fraction of sp³-hybridized carbons (Fsp3) is 0.381. The molecule has 2 heterocycles. The van der Waals surface area contributed by atoms with E-state index >= 15 is 0 Å². The van der Waals surface area contributed by atoms with Crippen molar-refractivity contribution in [2.45, 2.75) is 44.1 Å². The highest BCUT2D eigenvalue weighted by Gasteiger charge is 2.62. The molecule has 36 heavy (non-hydrogen) atoms. The lowest BCUT2D eigenvalue weighted by Crippen LogP contribution is -2.42. The Morgan fingerprint density at radius 3 is 2.28 bits per heavy atom. The first-order chi connectivity index (χ1) is 16.5. The summed E-state index contributed by atoms with van der Waals surface area (Å²) in [6.07, 6.45) is -12.3. The van der Waals surface area contributed by atoms with E-state index in [2.05, 4.69) is 10.5 Å². The van der Waals surface area contributed by atoms with Crippen molar-refractivity contribution < 1.29 is 40.8 Å². The highest BCUT2D eigenvalue weighted by atomic mass is 35.5. The standard InChI is InChI=1S/C21H15Cl3F6N2O3S/c1-9-4-15(36-17(9)18(34)31-8-11(33)2-3-20(25,26)27)14-7-19(35-32-14,21(28,29)30)10-5-12(22)16(24)13(23)6-10/h4-6H,2-3,7-8H2,1H3,(H,31,34). The number of hydrogen-bond donors (Lipinski definition) is 1. The van der Waals surface area contributed by atoms with Crippen LogP contribution in [0.15, 0.2) is 23.4 Å². The Labute approximate surface area is 219 Å². The average molecular weight is 596 g/mol. The molecule has 2 aromatic rings. The molecule has 1 unspecified atom stereocenters. The number of thiophene rings is 1. The number of oxime groups is 1. The van der Waals surface area contributed by atoms with E-state index < -0.39 is 61.0 Å². The molecule has 0 saturated carbocycles. The smallest absolute Gasteiger partial charge is 0.374 e. The van der Waals surface area contributed by atoms with Crippen molar-refractivity contribution >= 4 is 63.5 Å². The van der Waals surface area contributed by atoms with Crippen molar-refractivity contribution in [3.8, 4) is 0 Å². The van der Waals surface area contributed by atoms with Crippen molar-refractivity contribution in [1.29, 1.82) is 0 Å².